The third kappa shape index (κ3) is 16.8. The van der Waals surface area contributed by atoms with Crippen LogP contribution in [-0.2, 0) is 71.7 Å². The van der Waals surface area contributed by atoms with Gasteiger partial charge in [0.1, 0.15) is 3.70 Å². The molecule has 9 aliphatic carbocycles. The Morgan fingerprint density at radius 3 is 1.18 bits per heavy atom. The van der Waals surface area contributed by atoms with Gasteiger partial charge in [-0.1, -0.05) is 89.4 Å². The SMILES string of the molecule is COC(=O)C1CC=C(B2OC(C)(C)C(C)(C)O2)CC1.COC(=O)C1CC=C(c2nn(C(=O)c3c(Cl)cccc3C3CC3)c3c2CCCC3)CC1.O=C(O)C1CC=C(c2nn(C(=O)c3c(Cl)cccc3C3CC3)c3c2CCCC3)CC1.O=C(c1c(Cl)cccc1C1CC1)n1nc(I)c2c1CCCC2.[Li+].[OH-]. The molecule has 3 aromatic heterocycles. The van der Waals surface area contributed by atoms with Crippen molar-refractivity contribution in [3.05, 3.63) is 176 Å². The van der Waals surface area contributed by atoms with Crippen LogP contribution in [0.1, 0.15) is 273 Å². The summed E-state index contributed by atoms with van der Waals surface area (Å²) in [6.45, 7) is 8.20. The number of aromatic nitrogens is 6. The fraction of sp³-hybridized carbons (Fsp3) is 0.512. The monoisotopic (exact) mass is 1580 g/mol. The number of carboxylic acid groups (broad SMARTS) is 1. The Bertz CT molecular complexity index is 4370. The molecule has 104 heavy (non-hydrogen) atoms. The fourth-order valence-corrected chi connectivity index (χ4v) is 17.3. The normalized spacial score (nSPS) is 21.2. The van der Waals surface area contributed by atoms with E-state index >= 15 is 0 Å². The van der Waals surface area contributed by atoms with Crippen molar-refractivity contribution >= 4 is 111 Å². The third-order valence-corrected chi connectivity index (χ3v) is 24.6. The molecule has 1 aliphatic heterocycles. The summed E-state index contributed by atoms with van der Waals surface area (Å²) in [6.07, 6.45) is 31.4. The Kier molecular flexibility index (Phi) is 25.6. The van der Waals surface area contributed by atoms with E-state index in [1.165, 1.54) is 31.8 Å². The number of rotatable bonds is 12. The molecular formula is C80H92BCl3ILiN6O12. The summed E-state index contributed by atoms with van der Waals surface area (Å²) in [5.74, 6) is -0.398. The number of hydrogen-bond acceptors (Lipinski definition) is 14. The third-order valence-electron chi connectivity index (χ3n) is 22.7. The molecule has 1 saturated heterocycles. The first-order chi connectivity index (χ1) is 49.1. The molecule has 3 unspecified atom stereocenters. The number of aliphatic carboxylic acids is 1. The number of carbonyl (C=O) groups excluding carboxylic acids is 5. The molecule has 4 heterocycles. The van der Waals surface area contributed by atoms with E-state index in [-0.39, 0.29) is 90.1 Å². The standard InChI is InChI=1S/C25H27ClN2O3.C24H25ClN2O3.C17H16ClIN2O.C14H23BO4.Li.H2O/c1-31-25(30)17-13-11-16(12-14-17)23-19-5-2-3-8-21(19)28(27-23)24(29)22-18(15-9-10-15)6-4-7-20(22)26;25-19-6-3-5-17(14-8-9-14)21(19)23(28)27-20-7-2-1-4-18(20)22(26-27)15-10-12-16(13-11-15)24(29)30;18-13-6-3-5-11(10-8-9-10)15(13)17(22)21-14-7-2-1-4-12(14)16(19)20-21;1-13(2)14(3,4)19-15(18-13)11-8-6-10(7-9-11)12(16)17-5;;/h4,6-7,11,15,17H,2-3,5,8-10,12-14H2,1H3;3,5-6,10,14,16H,1-2,4,7-9,11-13H2,(H,29,30);3,5-6,10H,1-2,4,7-9H2;8,10H,6-7,9H2,1-5H3;;1H2/q;;;;+1;/p-1. The van der Waals surface area contributed by atoms with Crippen molar-refractivity contribution in [1.29, 1.82) is 0 Å². The van der Waals surface area contributed by atoms with Crippen LogP contribution in [0.4, 0.5) is 0 Å². The van der Waals surface area contributed by atoms with Crippen LogP contribution in [0.25, 0.3) is 11.1 Å². The number of ether oxygens (including phenoxy) is 2. The number of carboxylic acids is 1. The average Bonchev–Trinajstić information content (AvgIpc) is 1.61. The minimum atomic E-state index is -0.737. The van der Waals surface area contributed by atoms with Crippen LogP contribution in [0, 0.1) is 21.5 Å². The van der Waals surface area contributed by atoms with Gasteiger partial charge in [0.2, 0.25) is 0 Å². The molecule has 24 heteroatoms. The first-order valence-electron chi connectivity index (χ1n) is 36.8. The summed E-state index contributed by atoms with van der Waals surface area (Å²) in [7, 11) is 2.61. The van der Waals surface area contributed by atoms with Gasteiger partial charge >= 0.3 is 43.9 Å². The molecule has 16 rings (SSSR count). The van der Waals surface area contributed by atoms with Gasteiger partial charge in [0.05, 0.1) is 103 Å². The molecular weight excluding hydrogens is 1490 g/mol. The van der Waals surface area contributed by atoms with E-state index < -0.39 is 5.97 Å². The van der Waals surface area contributed by atoms with E-state index in [0.29, 0.717) is 81.6 Å². The number of fused-ring (bicyclic) bond motifs is 3. The molecule has 0 radical (unpaired) electrons. The zero-order chi connectivity index (χ0) is 71.9. The van der Waals surface area contributed by atoms with Gasteiger partial charge in [-0.15, -0.1) is 0 Å². The zero-order valence-electron chi connectivity index (χ0n) is 60.7. The Hall–Kier alpha value is -5.93. The van der Waals surface area contributed by atoms with Crippen LogP contribution in [0.3, 0.4) is 0 Å². The van der Waals surface area contributed by atoms with Crippen LogP contribution >= 0.6 is 57.4 Å². The minimum Gasteiger partial charge on any atom is -0.870 e. The van der Waals surface area contributed by atoms with Crippen molar-refractivity contribution in [3.8, 4) is 0 Å². The summed E-state index contributed by atoms with van der Waals surface area (Å²) in [6, 6.07) is 17.3. The van der Waals surface area contributed by atoms with Crippen LogP contribution in [0.15, 0.2) is 78.3 Å². The van der Waals surface area contributed by atoms with E-state index in [1.807, 2.05) is 76.2 Å². The van der Waals surface area contributed by atoms with E-state index in [9.17, 15) is 33.9 Å². The van der Waals surface area contributed by atoms with Gasteiger partial charge < -0.3 is 29.4 Å². The Morgan fingerprint density at radius 1 is 0.490 bits per heavy atom. The molecule has 6 aromatic rings. The fourth-order valence-electron chi connectivity index (χ4n) is 15.7. The summed E-state index contributed by atoms with van der Waals surface area (Å²) in [5, 5.41) is 25.0. The van der Waals surface area contributed by atoms with E-state index in [1.54, 1.807) is 26.2 Å². The molecule has 546 valence electrons. The van der Waals surface area contributed by atoms with Crippen molar-refractivity contribution < 1.29 is 77.0 Å². The topological polar surface area (TPSA) is 243 Å². The Labute approximate surface area is 650 Å². The van der Waals surface area contributed by atoms with Gasteiger partial charge in [-0.05, 0) is 293 Å². The van der Waals surface area contributed by atoms with Crippen molar-refractivity contribution in [2.45, 2.75) is 230 Å². The molecule has 0 amide bonds. The maximum absolute atomic E-state index is 13.7. The van der Waals surface area contributed by atoms with Gasteiger partial charge in [0, 0.05) is 16.7 Å². The van der Waals surface area contributed by atoms with Crippen LogP contribution in [-0.4, -0.2) is 108 Å². The number of esters is 2. The van der Waals surface area contributed by atoms with E-state index in [2.05, 4.69) is 39.8 Å². The number of benzene rings is 3. The number of nitrogens with zero attached hydrogens (tertiary/aromatic N) is 6. The van der Waals surface area contributed by atoms with Crippen molar-refractivity contribution in [1.82, 2.24) is 29.3 Å². The summed E-state index contributed by atoms with van der Waals surface area (Å²) >= 11 is 21.6. The van der Waals surface area contributed by atoms with Crippen molar-refractivity contribution in [3.63, 3.8) is 0 Å². The smallest absolute Gasteiger partial charge is 0.870 e. The van der Waals surface area contributed by atoms with Crippen LogP contribution in [0.5, 0.6) is 0 Å². The van der Waals surface area contributed by atoms with E-state index in [0.717, 1.165) is 206 Å². The van der Waals surface area contributed by atoms with Crippen molar-refractivity contribution in [2.24, 2.45) is 17.8 Å². The number of halogens is 4. The molecule has 3 saturated carbocycles. The van der Waals surface area contributed by atoms with Gasteiger partial charge in [-0.25, -0.2) is 0 Å². The van der Waals surface area contributed by atoms with Gasteiger partial charge in [0.25, 0.3) is 17.7 Å². The molecule has 0 bridgehead atoms. The molecule has 10 aliphatic rings. The minimum absolute atomic E-state index is 0. The van der Waals surface area contributed by atoms with Crippen LogP contribution in [0.2, 0.25) is 15.1 Å². The molecule has 2 N–H and O–H groups in total. The number of methoxy groups -OCH3 is 2. The summed E-state index contributed by atoms with van der Waals surface area (Å²) < 4.78 is 27.5. The van der Waals surface area contributed by atoms with Gasteiger partial charge in [0.15, 0.2) is 0 Å². The number of allylic oxidation sites excluding steroid dienone is 6. The quantitative estimate of drug-likeness (QED) is 0.0680. The Morgan fingerprint density at radius 2 is 0.837 bits per heavy atom. The predicted molar refractivity (Wildman–Crippen MR) is 405 cm³/mol. The molecule has 18 nitrogen and oxygen atoms in total. The second kappa shape index (κ2) is 33.7. The molecule has 3 atom stereocenters. The largest absolute Gasteiger partial charge is 1.00 e. The maximum Gasteiger partial charge on any atom is 1.00 e. The maximum atomic E-state index is 13.7. The predicted octanol–water partition coefficient (Wildman–Crippen LogP) is 14.5. The number of carbonyl (C=O) groups is 6. The molecule has 3 aromatic carbocycles. The second-order valence-electron chi connectivity index (χ2n) is 30.1. The summed E-state index contributed by atoms with van der Waals surface area (Å²) in [5.41, 5.74) is 16.4. The van der Waals surface area contributed by atoms with Crippen LogP contribution < -0.4 is 18.9 Å². The first kappa shape index (κ1) is 79.1. The zero-order valence-corrected chi connectivity index (χ0v) is 65.2. The Balaban J connectivity index is 0.000000141. The summed E-state index contributed by atoms with van der Waals surface area (Å²) in [4.78, 5) is 75.1. The van der Waals surface area contributed by atoms with Gasteiger partial charge in [-0.3, -0.25) is 28.8 Å². The number of hydrogen-bond donors (Lipinski definition) is 1. The first-order valence-corrected chi connectivity index (χ1v) is 39.1. The molecule has 0 spiro atoms. The average molecular weight is 1580 g/mol. The van der Waals surface area contributed by atoms with E-state index in [4.69, 9.17) is 63.8 Å². The van der Waals surface area contributed by atoms with Crippen molar-refractivity contribution in [2.75, 3.05) is 14.2 Å². The molecule has 4 fully saturated rings. The second-order valence-corrected chi connectivity index (χ2v) is 32.3. The van der Waals surface area contributed by atoms with Gasteiger partial charge in [-0.2, -0.15) is 29.3 Å².